The molecule has 0 radical (unpaired) electrons. The second kappa shape index (κ2) is 7.21. The third kappa shape index (κ3) is 3.81. The van der Waals surface area contributed by atoms with E-state index in [0.717, 1.165) is 22.5 Å². The Kier molecular flexibility index (Phi) is 5.02. The molecule has 4 heteroatoms. The summed E-state index contributed by atoms with van der Waals surface area (Å²) in [5, 5.41) is 18.0. The third-order valence-corrected chi connectivity index (χ3v) is 4.66. The molecule has 3 rings (SSSR count). The summed E-state index contributed by atoms with van der Waals surface area (Å²) in [6.07, 6.45) is 2.06. The first-order valence-electron chi connectivity index (χ1n) is 8.55. The Morgan fingerprint density at radius 1 is 1.08 bits per heavy atom. The lowest BCUT2D eigenvalue weighted by Gasteiger charge is -2.29. The van der Waals surface area contributed by atoms with E-state index in [0.29, 0.717) is 6.54 Å². The number of aliphatic hydroxyl groups excluding tert-OH is 1. The standard InChI is InChI=1S/C21H25N3O/c1-16-8-7-11-20(12-16)24-14-18(17(2)23-24)13-22-21(3,15-25)19-9-5-4-6-10-19/h4-12,14,22,25H,13,15H2,1-3H3. The fourth-order valence-corrected chi connectivity index (χ4v) is 2.92. The van der Waals surface area contributed by atoms with E-state index in [4.69, 9.17) is 0 Å². The second-order valence-electron chi connectivity index (χ2n) is 6.73. The smallest absolute Gasteiger partial charge is 0.0652 e. The lowest BCUT2D eigenvalue weighted by molar-refractivity contribution is 0.173. The summed E-state index contributed by atoms with van der Waals surface area (Å²) < 4.78 is 1.91. The Hall–Kier alpha value is -2.43. The van der Waals surface area contributed by atoms with Gasteiger partial charge in [0.2, 0.25) is 0 Å². The highest BCUT2D eigenvalue weighted by Crippen LogP contribution is 2.21. The van der Waals surface area contributed by atoms with Crippen molar-refractivity contribution in [2.75, 3.05) is 6.61 Å². The number of aromatic nitrogens is 2. The monoisotopic (exact) mass is 335 g/mol. The normalized spacial score (nSPS) is 13.6. The third-order valence-electron chi connectivity index (χ3n) is 4.66. The van der Waals surface area contributed by atoms with Gasteiger partial charge in [-0.1, -0.05) is 42.5 Å². The van der Waals surface area contributed by atoms with E-state index >= 15 is 0 Å². The number of hydrogen-bond acceptors (Lipinski definition) is 3. The largest absolute Gasteiger partial charge is 0.394 e. The zero-order chi connectivity index (χ0) is 17.9. The van der Waals surface area contributed by atoms with E-state index in [2.05, 4.69) is 41.7 Å². The van der Waals surface area contributed by atoms with Crippen LogP contribution in [-0.2, 0) is 12.1 Å². The van der Waals surface area contributed by atoms with Gasteiger partial charge in [0.15, 0.2) is 0 Å². The average Bonchev–Trinajstić information content (AvgIpc) is 3.01. The minimum absolute atomic E-state index is 0.0298. The highest BCUT2D eigenvalue weighted by molar-refractivity contribution is 5.36. The Labute approximate surface area is 149 Å². The molecule has 1 unspecified atom stereocenters. The summed E-state index contributed by atoms with van der Waals surface area (Å²) in [4.78, 5) is 0. The quantitative estimate of drug-likeness (QED) is 0.725. The van der Waals surface area contributed by atoms with Crippen LogP contribution in [0.3, 0.4) is 0 Å². The van der Waals surface area contributed by atoms with E-state index < -0.39 is 5.54 Å². The van der Waals surface area contributed by atoms with Crippen molar-refractivity contribution in [3.05, 3.63) is 83.2 Å². The molecule has 2 N–H and O–H groups in total. The van der Waals surface area contributed by atoms with Crippen molar-refractivity contribution < 1.29 is 5.11 Å². The predicted molar refractivity (Wildman–Crippen MR) is 101 cm³/mol. The van der Waals surface area contributed by atoms with Gasteiger partial charge in [0.05, 0.1) is 23.5 Å². The van der Waals surface area contributed by atoms with Crippen molar-refractivity contribution in [1.29, 1.82) is 0 Å². The van der Waals surface area contributed by atoms with E-state index in [-0.39, 0.29) is 6.61 Å². The highest BCUT2D eigenvalue weighted by atomic mass is 16.3. The van der Waals surface area contributed by atoms with Crippen LogP contribution in [0, 0.1) is 13.8 Å². The van der Waals surface area contributed by atoms with Crippen molar-refractivity contribution in [3.63, 3.8) is 0 Å². The van der Waals surface area contributed by atoms with Crippen molar-refractivity contribution in [1.82, 2.24) is 15.1 Å². The first kappa shape index (κ1) is 17.4. The molecule has 25 heavy (non-hydrogen) atoms. The minimum atomic E-state index is -0.487. The molecule has 0 fully saturated rings. The Bertz CT molecular complexity index is 841. The Morgan fingerprint density at radius 2 is 1.84 bits per heavy atom. The maximum Gasteiger partial charge on any atom is 0.0652 e. The lowest BCUT2D eigenvalue weighted by atomic mass is 9.92. The highest BCUT2D eigenvalue weighted by Gasteiger charge is 2.25. The van der Waals surface area contributed by atoms with Crippen LogP contribution >= 0.6 is 0 Å². The first-order valence-corrected chi connectivity index (χ1v) is 8.55. The van der Waals surface area contributed by atoms with Crippen molar-refractivity contribution in [2.24, 2.45) is 0 Å². The Morgan fingerprint density at radius 3 is 2.52 bits per heavy atom. The zero-order valence-electron chi connectivity index (χ0n) is 15.0. The Balaban J connectivity index is 1.79. The van der Waals surface area contributed by atoms with Crippen LogP contribution in [0.15, 0.2) is 60.8 Å². The molecule has 0 spiro atoms. The molecule has 0 bridgehead atoms. The molecule has 130 valence electrons. The fraction of sp³-hybridized carbons (Fsp3) is 0.286. The zero-order valence-corrected chi connectivity index (χ0v) is 15.0. The van der Waals surface area contributed by atoms with Gasteiger partial charge in [0.25, 0.3) is 0 Å². The molecule has 3 aromatic rings. The van der Waals surface area contributed by atoms with Gasteiger partial charge in [-0.25, -0.2) is 4.68 Å². The molecule has 2 aromatic carbocycles. The topological polar surface area (TPSA) is 50.1 Å². The molecule has 0 amide bonds. The van der Waals surface area contributed by atoms with Gasteiger partial charge in [0.1, 0.15) is 0 Å². The predicted octanol–water partition coefficient (Wildman–Crippen LogP) is 3.49. The number of nitrogens with zero attached hydrogens (tertiary/aromatic N) is 2. The summed E-state index contributed by atoms with van der Waals surface area (Å²) in [5.74, 6) is 0. The number of hydrogen-bond donors (Lipinski definition) is 2. The molecule has 1 atom stereocenters. The number of nitrogens with one attached hydrogen (secondary N) is 1. The molecule has 1 aromatic heterocycles. The maximum absolute atomic E-state index is 9.92. The van der Waals surface area contributed by atoms with E-state index in [1.807, 2.05) is 54.9 Å². The number of aryl methyl sites for hydroxylation is 2. The number of benzene rings is 2. The van der Waals surface area contributed by atoms with Crippen LogP contribution in [-0.4, -0.2) is 21.5 Å². The summed E-state index contributed by atoms with van der Waals surface area (Å²) in [6, 6.07) is 18.3. The van der Waals surface area contributed by atoms with Gasteiger partial charge < -0.3 is 10.4 Å². The summed E-state index contributed by atoms with van der Waals surface area (Å²) in [5.41, 5.74) is 4.96. The van der Waals surface area contributed by atoms with Gasteiger partial charge in [-0.3, -0.25) is 0 Å². The van der Waals surface area contributed by atoms with Gasteiger partial charge >= 0.3 is 0 Å². The van der Waals surface area contributed by atoms with Gasteiger partial charge in [-0.2, -0.15) is 5.10 Å². The second-order valence-corrected chi connectivity index (χ2v) is 6.73. The summed E-state index contributed by atoms with van der Waals surface area (Å²) >= 11 is 0. The van der Waals surface area contributed by atoms with E-state index in [1.54, 1.807) is 0 Å². The lowest BCUT2D eigenvalue weighted by Crippen LogP contribution is -2.42. The van der Waals surface area contributed by atoms with Gasteiger partial charge in [-0.05, 0) is 44.0 Å². The fourth-order valence-electron chi connectivity index (χ4n) is 2.92. The van der Waals surface area contributed by atoms with Crippen molar-refractivity contribution >= 4 is 0 Å². The average molecular weight is 335 g/mol. The number of aliphatic hydroxyl groups is 1. The summed E-state index contributed by atoms with van der Waals surface area (Å²) in [7, 11) is 0. The van der Waals surface area contributed by atoms with E-state index in [1.165, 1.54) is 5.56 Å². The minimum Gasteiger partial charge on any atom is -0.394 e. The number of rotatable bonds is 6. The van der Waals surface area contributed by atoms with Crippen LogP contribution in [0.4, 0.5) is 0 Å². The molecule has 0 aliphatic heterocycles. The van der Waals surface area contributed by atoms with Gasteiger partial charge in [-0.15, -0.1) is 0 Å². The van der Waals surface area contributed by atoms with Crippen molar-refractivity contribution in [2.45, 2.75) is 32.9 Å². The van der Waals surface area contributed by atoms with Crippen LogP contribution in [0.2, 0.25) is 0 Å². The van der Waals surface area contributed by atoms with Crippen molar-refractivity contribution in [3.8, 4) is 5.69 Å². The molecule has 0 aliphatic carbocycles. The molecular formula is C21H25N3O. The van der Waals surface area contributed by atoms with Crippen LogP contribution in [0.25, 0.3) is 5.69 Å². The molecule has 0 saturated heterocycles. The van der Waals surface area contributed by atoms with Crippen LogP contribution in [0.1, 0.15) is 29.3 Å². The molecule has 0 saturated carbocycles. The van der Waals surface area contributed by atoms with Gasteiger partial charge in [0, 0.05) is 18.3 Å². The molecular weight excluding hydrogens is 310 g/mol. The summed E-state index contributed by atoms with van der Waals surface area (Å²) in [6.45, 7) is 6.78. The molecule has 4 nitrogen and oxygen atoms in total. The SMILES string of the molecule is Cc1cccc(-n2cc(CNC(C)(CO)c3ccccc3)c(C)n2)c1. The van der Waals surface area contributed by atoms with E-state index in [9.17, 15) is 5.11 Å². The van der Waals surface area contributed by atoms with Crippen LogP contribution in [0.5, 0.6) is 0 Å². The maximum atomic E-state index is 9.92. The first-order chi connectivity index (χ1) is 12.0. The molecule has 1 heterocycles. The van der Waals surface area contributed by atoms with Crippen LogP contribution < -0.4 is 5.32 Å². The molecule has 0 aliphatic rings.